The van der Waals surface area contributed by atoms with Crippen LogP contribution in [-0.2, 0) is 0 Å². The lowest BCUT2D eigenvalue weighted by atomic mass is 10.1. The normalized spacial score (nSPS) is 14.9. The quantitative estimate of drug-likeness (QED) is 0.811. The molecule has 1 rings (SSSR count). The smallest absolute Gasteiger partial charge is 0.0584 e. The predicted molar refractivity (Wildman–Crippen MR) is 64.2 cm³/mol. The highest BCUT2D eigenvalue weighted by Crippen LogP contribution is 2.17. The Morgan fingerprint density at radius 3 is 2.73 bits per heavy atom. The Balaban J connectivity index is 2.64. The van der Waals surface area contributed by atoms with Crippen molar-refractivity contribution in [1.82, 2.24) is 5.32 Å². The van der Waals surface area contributed by atoms with Gasteiger partial charge in [0.25, 0.3) is 0 Å². The second-order valence-corrected chi connectivity index (χ2v) is 4.17. The van der Waals surface area contributed by atoms with E-state index >= 15 is 0 Å². The van der Waals surface area contributed by atoms with Crippen LogP contribution >= 0.6 is 11.6 Å². The molecule has 2 atom stereocenters. The SMILES string of the molecule is CC[C@H](CO)N[C@@H](C)c1cccc(Cl)c1. The van der Waals surface area contributed by atoms with E-state index in [1.54, 1.807) is 0 Å². The fourth-order valence-corrected chi connectivity index (χ4v) is 1.72. The minimum atomic E-state index is 0.152. The summed E-state index contributed by atoms with van der Waals surface area (Å²) in [6.07, 6.45) is 0.918. The molecule has 0 aromatic heterocycles. The number of nitrogens with one attached hydrogen (secondary N) is 1. The Morgan fingerprint density at radius 1 is 1.47 bits per heavy atom. The van der Waals surface area contributed by atoms with Gasteiger partial charge in [-0.15, -0.1) is 0 Å². The Hall–Kier alpha value is -0.570. The molecule has 1 aromatic rings. The monoisotopic (exact) mass is 227 g/mol. The molecule has 0 aliphatic rings. The van der Waals surface area contributed by atoms with Crippen molar-refractivity contribution in [2.24, 2.45) is 0 Å². The summed E-state index contributed by atoms with van der Waals surface area (Å²) in [5.74, 6) is 0. The van der Waals surface area contributed by atoms with Gasteiger partial charge in [-0.1, -0.05) is 30.7 Å². The van der Waals surface area contributed by atoms with Gasteiger partial charge in [0, 0.05) is 17.1 Å². The number of benzene rings is 1. The van der Waals surface area contributed by atoms with Gasteiger partial charge >= 0.3 is 0 Å². The van der Waals surface area contributed by atoms with E-state index in [1.165, 1.54) is 0 Å². The maximum atomic E-state index is 9.09. The lowest BCUT2D eigenvalue weighted by Crippen LogP contribution is -2.33. The summed E-state index contributed by atoms with van der Waals surface area (Å²) in [5, 5.41) is 13.2. The fraction of sp³-hybridized carbons (Fsp3) is 0.500. The highest BCUT2D eigenvalue weighted by Gasteiger charge is 2.10. The van der Waals surface area contributed by atoms with Crippen LogP contribution in [0.3, 0.4) is 0 Å². The molecule has 0 saturated heterocycles. The van der Waals surface area contributed by atoms with Crippen LogP contribution in [0.15, 0.2) is 24.3 Å². The van der Waals surface area contributed by atoms with Crippen molar-refractivity contribution in [1.29, 1.82) is 0 Å². The summed E-state index contributed by atoms with van der Waals surface area (Å²) in [6, 6.07) is 8.15. The van der Waals surface area contributed by atoms with Gasteiger partial charge in [-0.25, -0.2) is 0 Å². The summed E-state index contributed by atoms with van der Waals surface area (Å²) < 4.78 is 0. The Kier molecular flexibility index (Phi) is 5.09. The Morgan fingerprint density at radius 2 is 2.20 bits per heavy atom. The predicted octanol–water partition coefficient (Wildman–Crippen LogP) is 2.76. The molecule has 0 aliphatic carbocycles. The summed E-state index contributed by atoms with van der Waals surface area (Å²) in [6.45, 7) is 4.30. The van der Waals surface area contributed by atoms with E-state index in [0.717, 1.165) is 17.0 Å². The molecular weight excluding hydrogens is 210 g/mol. The highest BCUT2D eigenvalue weighted by atomic mass is 35.5. The second kappa shape index (κ2) is 6.11. The molecule has 2 nitrogen and oxygen atoms in total. The molecule has 0 heterocycles. The van der Waals surface area contributed by atoms with Crippen LogP contribution in [0.2, 0.25) is 5.02 Å². The average Bonchev–Trinajstić information content (AvgIpc) is 2.25. The number of aliphatic hydroxyl groups excluding tert-OH is 1. The fourth-order valence-electron chi connectivity index (χ4n) is 1.53. The molecule has 0 amide bonds. The molecule has 15 heavy (non-hydrogen) atoms. The zero-order chi connectivity index (χ0) is 11.3. The van der Waals surface area contributed by atoms with Crippen LogP contribution < -0.4 is 5.32 Å². The Labute approximate surface area is 96.3 Å². The molecule has 1 aromatic carbocycles. The van der Waals surface area contributed by atoms with Crippen LogP contribution in [0.25, 0.3) is 0 Å². The lowest BCUT2D eigenvalue weighted by Gasteiger charge is -2.20. The van der Waals surface area contributed by atoms with Crippen LogP contribution in [0.4, 0.5) is 0 Å². The zero-order valence-electron chi connectivity index (χ0n) is 9.20. The van der Waals surface area contributed by atoms with E-state index in [-0.39, 0.29) is 18.7 Å². The molecule has 0 spiro atoms. The summed E-state index contributed by atoms with van der Waals surface area (Å²) in [5.41, 5.74) is 1.15. The van der Waals surface area contributed by atoms with Crippen molar-refractivity contribution in [2.45, 2.75) is 32.4 Å². The standard InChI is InChI=1S/C12H18ClNO/c1-3-12(8-15)14-9(2)10-5-4-6-11(13)7-10/h4-7,9,12,14-15H,3,8H2,1-2H3/t9-,12+/m0/s1. The Bertz CT molecular complexity index is 299. The third-order valence-corrected chi connectivity index (χ3v) is 2.78. The first kappa shape index (κ1) is 12.5. The van der Waals surface area contributed by atoms with E-state index in [1.807, 2.05) is 24.3 Å². The van der Waals surface area contributed by atoms with Crippen molar-refractivity contribution in [3.05, 3.63) is 34.9 Å². The van der Waals surface area contributed by atoms with Gasteiger partial charge in [0.05, 0.1) is 6.61 Å². The van der Waals surface area contributed by atoms with E-state index < -0.39 is 0 Å². The summed E-state index contributed by atoms with van der Waals surface area (Å²) in [4.78, 5) is 0. The maximum absolute atomic E-state index is 9.09. The third-order valence-electron chi connectivity index (χ3n) is 2.55. The van der Waals surface area contributed by atoms with Crippen LogP contribution in [0, 0.1) is 0 Å². The van der Waals surface area contributed by atoms with Gasteiger partial charge in [-0.3, -0.25) is 0 Å². The highest BCUT2D eigenvalue weighted by molar-refractivity contribution is 6.30. The van der Waals surface area contributed by atoms with Crippen molar-refractivity contribution in [2.75, 3.05) is 6.61 Å². The number of hydrogen-bond acceptors (Lipinski definition) is 2. The number of halogens is 1. The number of hydrogen-bond donors (Lipinski definition) is 2. The van der Waals surface area contributed by atoms with Gasteiger partial charge in [-0.2, -0.15) is 0 Å². The van der Waals surface area contributed by atoms with Crippen molar-refractivity contribution < 1.29 is 5.11 Å². The average molecular weight is 228 g/mol. The van der Waals surface area contributed by atoms with E-state index in [4.69, 9.17) is 16.7 Å². The van der Waals surface area contributed by atoms with Crippen molar-refractivity contribution >= 4 is 11.6 Å². The van der Waals surface area contributed by atoms with Gasteiger partial charge in [0.1, 0.15) is 0 Å². The largest absolute Gasteiger partial charge is 0.395 e. The first-order valence-electron chi connectivity index (χ1n) is 5.29. The molecule has 0 saturated carbocycles. The van der Waals surface area contributed by atoms with Gasteiger partial charge in [0.15, 0.2) is 0 Å². The van der Waals surface area contributed by atoms with Crippen molar-refractivity contribution in [3.63, 3.8) is 0 Å². The van der Waals surface area contributed by atoms with Gasteiger partial charge in [-0.05, 0) is 31.0 Å². The van der Waals surface area contributed by atoms with Gasteiger partial charge in [0.2, 0.25) is 0 Å². The van der Waals surface area contributed by atoms with Gasteiger partial charge < -0.3 is 10.4 Å². The molecule has 2 N–H and O–H groups in total. The van der Waals surface area contributed by atoms with E-state index in [9.17, 15) is 0 Å². The first-order chi connectivity index (χ1) is 7.17. The molecule has 0 bridgehead atoms. The van der Waals surface area contributed by atoms with Crippen molar-refractivity contribution in [3.8, 4) is 0 Å². The third kappa shape index (κ3) is 3.82. The molecule has 0 aliphatic heterocycles. The minimum absolute atomic E-state index is 0.152. The molecule has 3 heteroatoms. The maximum Gasteiger partial charge on any atom is 0.0584 e. The van der Waals surface area contributed by atoms with Crippen LogP contribution in [0.5, 0.6) is 0 Å². The van der Waals surface area contributed by atoms with E-state index in [0.29, 0.717) is 0 Å². The molecule has 0 unspecified atom stereocenters. The second-order valence-electron chi connectivity index (χ2n) is 3.73. The van der Waals surface area contributed by atoms with E-state index in [2.05, 4.69) is 19.2 Å². The minimum Gasteiger partial charge on any atom is -0.395 e. The molecule has 84 valence electrons. The molecule has 0 radical (unpaired) electrons. The first-order valence-corrected chi connectivity index (χ1v) is 5.67. The summed E-state index contributed by atoms with van der Waals surface area (Å²) in [7, 11) is 0. The van der Waals surface area contributed by atoms with Crippen LogP contribution in [-0.4, -0.2) is 17.8 Å². The zero-order valence-corrected chi connectivity index (χ0v) is 9.96. The molecular formula is C12H18ClNO. The van der Waals surface area contributed by atoms with Crippen LogP contribution in [0.1, 0.15) is 31.9 Å². The topological polar surface area (TPSA) is 32.3 Å². The molecule has 0 fully saturated rings. The number of rotatable bonds is 5. The summed E-state index contributed by atoms with van der Waals surface area (Å²) >= 11 is 5.92. The number of aliphatic hydroxyl groups is 1. The lowest BCUT2D eigenvalue weighted by molar-refractivity contribution is 0.230.